The molecule has 0 aromatic heterocycles. The molecule has 1 atom stereocenters. The van der Waals surface area contributed by atoms with E-state index in [4.69, 9.17) is 11.6 Å². The first-order valence-electron chi connectivity index (χ1n) is 8.75. The molecule has 1 fully saturated rings. The van der Waals surface area contributed by atoms with E-state index >= 15 is 0 Å². The molecule has 1 aliphatic rings. The van der Waals surface area contributed by atoms with Gasteiger partial charge in [0.15, 0.2) is 0 Å². The Morgan fingerprint density at radius 3 is 2.15 bits per heavy atom. The normalized spacial score (nSPS) is 14.8. The lowest BCUT2D eigenvalue weighted by Crippen LogP contribution is -2.39. The number of anilines is 2. The predicted octanol–water partition coefficient (Wildman–Crippen LogP) is 4.02. The fraction of sp³-hybridized carbons (Fsp3) is 0.300. The number of rotatable bonds is 5. The average molecular weight is 372 g/mol. The Morgan fingerprint density at radius 2 is 1.54 bits per heavy atom. The number of nitrogens with one attached hydrogen (secondary N) is 2. The van der Waals surface area contributed by atoms with E-state index in [0.717, 1.165) is 31.6 Å². The third-order valence-electron chi connectivity index (χ3n) is 4.42. The van der Waals surface area contributed by atoms with Crippen LogP contribution in [0.15, 0.2) is 48.5 Å². The maximum Gasteiger partial charge on any atom is 0.255 e. The van der Waals surface area contributed by atoms with E-state index in [1.165, 1.54) is 0 Å². The summed E-state index contributed by atoms with van der Waals surface area (Å²) in [7, 11) is 0. The van der Waals surface area contributed by atoms with Gasteiger partial charge < -0.3 is 15.5 Å². The molecule has 2 aromatic rings. The maximum absolute atomic E-state index is 12.3. The molecule has 1 unspecified atom stereocenters. The standard InChI is InChI=1S/C20H22ClN3O2/c1-14(20(26)24-12-2-3-13-24)22-17-8-10-18(11-9-17)23-19(25)15-4-6-16(21)7-5-15/h4-11,14,22H,2-3,12-13H2,1H3,(H,23,25). The van der Waals surface area contributed by atoms with Gasteiger partial charge in [0.05, 0.1) is 0 Å². The zero-order valence-corrected chi connectivity index (χ0v) is 15.4. The highest BCUT2D eigenvalue weighted by Crippen LogP contribution is 2.17. The molecule has 0 aliphatic carbocycles. The molecular formula is C20H22ClN3O2. The van der Waals surface area contributed by atoms with Crippen molar-refractivity contribution in [1.29, 1.82) is 0 Å². The summed E-state index contributed by atoms with van der Waals surface area (Å²) in [5, 5.41) is 6.65. The fourth-order valence-electron chi connectivity index (χ4n) is 2.98. The molecular weight excluding hydrogens is 350 g/mol. The number of carbonyl (C=O) groups excluding carboxylic acids is 2. The zero-order chi connectivity index (χ0) is 18.5. The third-order valence-corrected chi connectivity index (χ3v) is 4.67. The Bertz CT molecular complexity index is 769. The second-order valence-corrected chi connectivity index (χ2v) is 6.87. The average Bonchev–Trinajstić information content (AvgIpc) is 3.18. The zero-order valence-electron chi connectivity index (χ0n) is 14.7. The van der Waals surface area contributed by atoms with Gasteiger partial charge in [0, 0.05) is 35.1 Å². The van der Waals surface area contributed by atoms with Gasteiger partial charge in [0.1, 0.15) is 6.04 Å². The molecule has 5 nitrogen and oxygen atoms in total. The van der Waals surface area contributed by atoms with Crippen LogP contribution >= 0.6 is 11.6 Å². The Labute approximate surface area is 158 Å². The van der Waals surface area contributed by atoms with Gasteiger partial charge in [-0.15, -0.1) is 0 Å². The predicted molar refractivity (Wildman–Crippen MR) is 105 cm³/mol. The molecule has 2 N–H and O–H groups in total. The molecule has 2 amide bonds. The molecule has 0 bridgehead atoms. The van der Waals surface area contributed by atoms with Crippen molar-refractivity contribution in [3.8, 4) is 0 Å². The number of benzene rings is 2. The van der Waals surface area contributed by atoms with Crippen LogP contribution in [0.2, 0.25) is 5.02 Å². The Kier molecular flexibility index (Phi) is 5.78. The van der Waals surface area contributed by atoms with Crippen molar-refractivity contribution in [2.24, 2.45) is 0 Å². The molecule has 136 valence electrons. The van der Waals surface area contributed by atoms with Gasteiger partial charge >= 0.3 is 0 Å². The second-order valence-electron chi connectivity index (χ2n) is 6.44. The molecule has 26 heavy (non-hydrogen) atoms. The molecule has 1 heterocycles. The van der Waals surface area contributed by atoms with E-state index in [-0.39, 0.29) is 17.9 Å². The Balaban J connectivity index is 1.56. The molecule has 0 radical (unpaired) electrons. The number of nitrogens with zero attached hydrogens (tertiary/aromatic N) is 1. The summed E-state index contributed by atoms with van der Waals surface area (Å²) in [6.45, 7) is 3.57. The third kappa shape index (κ3) is 4.55. The smallest absolute Gasteiger partial charge is 0.255 e. The summed E-state index contributed by atoms with van der Waals surface area (Å²) in [5.41, 5.74) is 2.07. The van der Waals surface area contributed by atoms with Crippen LogP contribution in [-0.4, -0.2) is 35.8 Å². The lowest BCUT2D eigenvalue weighted by atomic mass is 10.2. The molecule has 1 saturated heterocycles. The quantitative estimate of drug-likeness (QED) is 0.834. The minimum Gasteiger partial charge on any atom is -0.374 e. The summed E-state index contributed by atoms with van der Waals surface area (Å²) in [6, 6.07) is 13.8. The molecule has 3 rings (SSSR count). The van der Waals surface area contributed by atoms with E-state index in [0.29, 0.717) is 16.3 Å². The monoisotopic (exact) mass is 371 g/mol. The van der Waals surface area contributed by atoms with E-state index in [9.17, 15) is 9.59 Å². The lowest BCUT2D eigenvalue weighted by Gasteiger charge is -2.22. The number of amides is 2. The van der Waals surface area contributed by atoms with Crippen molar-refractivity contribution >= 4 is 34.8 Å². The van der Waals surface area contributed by atoms with E-state index in [1.54, 1.807) is 24.3 Å². The molecule has 1 aliphatic heterocycles. The highest BCUT2D eigenvalue weighted by molar-refractivity contribution is 6.30. The SMILES string of the molecule is CC(Nc1ccc(NC(=O)c2ccc(Cl)cc2)cc1)C(=O)N1CCCC1. The molecule has 6 heteroatoms. The Morgan fingerprint density at radius 1 is 0.962 bits per heavy atom. The van der Waals surface area contributed by atoms with Crippen LogP contribution < -0.4 is 10.6 Å². The number of hydrogen-bond acceptors (Lipinski definition) is 3. The van der Waals surface area contributed by atoms with Crippen molar-refractivity contribution in [2.45, 2.75) is 25.8 Å². The summed E-state index contributed by atoms with van der Waals surface area (Å²) in [4.78, 5) is 26.4. The van der Waals surface area contributed by atoms with Gasteiger partial charge in [-0.05, 0) is 68.3 Å². The summed E-state index contributed by atoms with van der Waals surface area (Å²) >= 11 is 5.83. The van der Waals surface area contributed by atoms with Crippen molar-refractivity contribution in [3.05, 3.63) is 59.1 Å². The minimum absolute atomic E-state index is 0.127. The minimum atomic E-state index is -0.275. The highest BCUT2D eigenvalue weighted by atomic mass is 35.5. The fourth-order valence-corrected chi connectivity index (χ4v) is 3.10. The van der Waals surface area contributed by atoms with Gasteiger partial charge in [0.25, 0.3) is 5.91 Å². The highest BCUT2D eigenvalue weighted by Gasteiger charge is 2.22. The van der Waals surface area contributed by atoms with E-state index in [2.05, 4.69) is 10.6 Å². The van der Waals surface area contributed by atoms with E-state index < -0.39 is 0 Å². The summed E-state index contributed by atoms with van der Waals surface area (Å²) < 4.78 is 0. The largest absolute Gasteiger partial charge is 0.374 e. The van der Waals surface area contributed by atoms with Crippen molar-refractivity contribution in [1.82, 2.24) is 4.90 Å². The topological polar surface area (TPSA) is 61.4 Å². The van der Waals surface area contributed by atoms with Crippen LogP contribution in [0, 0.1) is 0 Å². The van der Waals surface area contributed by atoms with Gasteiger partial charge in [-0.2, -0.15) is 0 Å². The number of halogens is 1. The molecule has 0 saturated carbocycles. The Hall–Kier alpha value is -2.53. The first-order chi connectivity index (χ1) is 12.5. The number of hydrogen-bond donors (Lipinski definition) is 2. The van der Waals surface area contributed by atoms with Crippen LogP contribution in [0.5, 0.6) is 0 Å². The second kappa shape index (κ2) is 8.23. The van der Waals surface area contributed by atoms with Gasteiger partial charge in [0.2, 0.25) is 5.91 Å². The van der Waals surface area contributed by atoms with Gasteiger partial charge in [-0.3, -0.25) is 9.59 Å². The molecule has 2 aromatic carbocycles. The van der Waals surface area contributed by atoms with Crippen LogP contribution in [0.1, 0.15) is 30.1 Å². The van der Waals surface area contributed by atoms with Crippen LogP contribution in [0.25, 0.3) is 0 Å². The summed E-state index contributed by atoms with van der Waals surface area (Å²) in [6.07, 6.45) is 2.17. The van der Waals surface area contributed by atoms with Crippen LogP contribution in [0.4, 0.5) is 11.4 Å². The van der Waals surface area contributed by atoms with Crippen molar-refractivity contribution in [3.63, 3.8) is 0 Å². The lowest BCUT2D eigenvalue weighted by molar-refractivity contribution is -0.130. The van der Waals surface area contributed by atoms with Gasteiger partial charge in [-0.1, -0.05) is 11.6 Å². The molecule has 0 spiro atoms. The van der Waals surface area contributed by atoms with Crippen LogP contribution in [-0.2, 0) is 4.79 Å². The summed E-state index contributed by atoms with van der Waals surface area (Å²) in [5.74, 6) is -0.0671. The van der Waals surface area contributed by atoms with Crippen molar-refractivity contribution < 1.29 is 9.59 Å². The van der Waals surface area contributed by atoms with Crippen molar-refractivity contribution in [2.75, 3.05) is 23.7 Å². The van der Waals surface area contributed by atoms with Crippen LogP contribution in [0.3, 0.4) is 0 Å². The van der Waals surface area contributed by atoms with E-state index in [1.807, 2.05) is 36.1 Å². The number of likely N-dealkylation sites (tertiary alicyclic amines) is 1. The first kappa shape index (κ1) is 18.3. The first-order valence-corrected chi connectivity index (χ1v) is 9.13. The van der Waals surface area contributed by atoms with Gasteiger partial charge in [-0.25, -0.2) is 0 Å². The number of carbonyl (C=O) groups is 2. The maximum atomic E-state index is 12.3.